The summed E-state index contributed by atoms with van der Waals surface area (Å²) in [4.78, 5) is 10.5. The molecular formula is C10H10F2O4S2. The molecule has 0 radical (unpaired) electrons. The van der Waals surface area contributed by atoms with Crippen LogP contribution in [0, 0.1) is 0 Å². The van der Waals surface area contributed by atoms with Gasteiger partial charge in [-0.3, -0.25) is 4.79 Å². The molecule has 1 N–H and O–H groups in total. The average molecular weight is 296 g/mol. The first-order valence-electron chi connectivity index (χ1n) is 4.81. The van der Waals surface area contributed by atoms with Crippen LogP contribution in [-0.2, 0) is 14.6 Å². The normalized spacial score (nSPS) is 11.7. The number of aliphatic carboxylic acids is 1. The number of halogens is 2. The van der Waals surface area contributed by atoms with Crippen molar-refractivity contribution in [3.05, 3.63) is 24.3 Å². The van der Waals surface area contributed by atoms with Crippen molar-refractivity contribution in [2.24, 2.45) is 0 Å². The van der Waals surface area contributed by atoms with E-state index in [-0.39, 0.29) is 6.42 Å². The van der Waals surface area contributed by atoms with Crippen molar-refractivity contribution in [2.45, 2.75) is 22.0 Å². The van der Waals surface area contributed by atoms with Crippen molar-refractivity contribution in [3.8, 4) is 0 Å². The molecule has 18 heavy (non-hydrogen) atoms. The maximum absolute atomic E-state index is 12.2. The van der Waals surface area contributed by atoms with Crippen LogP contribution in [0.2, 0.25) is 0 Å². The van der Waals surface area contributed by atoms with Gasteiger partial charge in [-0.05, 0) is 24.3 Å². The highest BCUT2D eigenvalue weighted by atomic mass is 32.2. The molecule has 0 atom stereocenters. The van der Waals surface area contributed by atoms with Gasteiger partial charge in [-0.1, -0.05) is 0 Å². The Balaban J connectivity index is 2.72. The molecule has 0 amide bonds. The van der Waals surface area contributed by atoms with Gasteiger partial charge in [0.15, 0.2) is 0 Å². The van der Waals surface area contributed by atoms with E-state index in [1.54, 1.807) is 0 Å². The second-order valence-electron chi connectivity index (χ2n) is 3.27. The Labute approximate surface area is 107 Å². The van der Waals surface area contributed by atoms with E-state index in [4.69, 9.17) is 5.11 Å². The minimum Gasteiger partial charge on any atom is -0.481 e. The Bertz CT molecular complexity index is 511. The van der Waals surface area contributed by atoms with Gasteiger partial charge < -0.3 is 5.11 Å². The smallest absolute Gasteiger partial charge is 0.341 e. The second kappa shape index (κ2) is 6.14. The number of rotatable bonds is 6. The van der Waals surface area contributed by atoms with E-state index in [0.717, 1.165) is 12.1 Å². The van der Waals surface area contributed by atoms with Crippen LogP contribution < -0.4 is 0 Å². The molecule has 0 aliphatic rings. The number of hydrogen-bond acceptors (Lipinski definition) is 4. The van der Waals surface area contributed by atoms with Crippen molar-refractivity contribution >= 4 is 27.6 Å². The van der Waals surface area contributed by atoms with Gasteiger partial charge in [-0.15, -0.1) is 11.8 Å². The van der Waals surface area contributed by atoms with Gasteiger partial charge in [0.25, 0.3) is 0 Å². The lowest BCUT2D eigenvalue weighted by Crippen LogP contribution is -2.11. The molecule has 0 unspecified atom stereocenters. The Morgan fingerprint density at radius 3 is 2.28 bits per heavy atom. The standard InChI is InChI=1S/C10H10F2O4S2/c11-10(12)18(15,16)8-3-1-7(2-4-8)17-6-5-9(13)14/h1-4,10H,5-6H2,(H,13,14). The van der Waals surface area contributed by atoms with Gasteiger partial charge in [-0.25, -0.2) is 8.42 Å². The van der Waals surface area contributed by atoms with Crippen LogP contribution in [0.1, 0.15) is 6.42 Å². The number of benzene rings is 1. The Morgan fingerprint density at radius 1 is 1.28 bits per heavy atom. The van der Waals surface area contributed by atoms with E-state index in [0.29, 0.717) is 10.6 Å². The molecule has 0 saturated heterocycles. The lowest BCUT2D eigenvalue weighted by atomic mass is 10.4. The molecule has 0 fully saturated rings. The number of carboxylic acid groups (broad SMARTS) is 1. The molecule has 1 rings (SSSR count). The summed E-state index contributed by atoms with van der Waals surface area (Å²) >= 11 is 1.21. The molecule has 1 aromatic carbocycles. The van der Waals surface area contributed by atoms with Crippen molar-refractivity contribution in [1.29, 1.82) is 0 Å². The number of hydrogen-bond donors (Lipinski definition) is 1. The molecule has 1 aromatic rings. The number of carboxylic acids is 1. The van der Waals surface area contributed by atoms with Crippen molar-refractivity contribution < 1.29 is 27.1 Å². The van der Waals surface area contributed by atoms with Gasteiger partial charge in [0, 0.05) is 10.6 Å². The zero-order valence-corrected chi connectivity index (χ0v) is 10.7. The fraction of sp³-hybridized carbons (Fsp3) is 0.300. The van der Waals surface area contributed by atoms with E-state index in [1.807, 2.05) is 0 Å². The molecule has 0 aromatic heterocycles. The predicted molar refractivity (Wildman–Crippen MR) is 62.6 cm³/mol. The summed E-state index contributed by atoms with van der Waals surface area (Å²) in [6.45, 7) is 0. The predicted octanol–water partition coefficient (Wildman–Crippen LogP) is 2.25. The monoisotopic (exact) mass is 296 g/mol. The van der Waals surface area contributed by atoms with Gasteiger partial charge in [0.05, 0.1) is 11.3 Å². The Morgan fingerprint density at radius 2 is 1.83 bits per heavy atom. The second-order valence-corrected chi connectivity index (χ2v) is 6.36. The van der Waals surface area contributed by atoms with Crippen molar-refractivity contribution in [3.63, 3.8) is 0 Å². The van der Waals surface area contributed by atoms with Crippen molar-refractivity contribution in [1.82, 2.24) is 0 Å². The molecule has 4 nitrogen and oxygen atoms in total. The molecule has 0 spiro atoms. The first-order chi connectivity index (χ1) is 8.34. The van der Waals surface area contributed by atoms with E-state index in [1.165, 1.54) is 23.9 Å². The van der Waals surface area contributed by atoms with Crippen LogP contribution >= 0.6 is 11.8 Å². The first-order valence-corrected chi connectivity index (χ1v) is 7.34. The molecule has 0 bridgehead atoms. The Kier molecular flexibility index (Phi) is 5.09. The largest absolute Gasteiger partial charge is 0.481 e. The SMILES string of the molecule is O=C(O)CCSc1ccc(S(=O)(=O)C(F)F)cc1. The van der Waals surface area contributed by atoms with Crippen LogP contribution in [0.4, 0.5) is 8.78 Å². The van der Waals surface area contributed by atoms with Gasteiger partial charge in [0.1, 0.15) is 0 Å². The molecule has 0 aliphatic carbocycles. The molecular weight excluding hydrogens is 286 g/mol. The van der Waals surface area contributed by atoms with E-state index in [2.05, 4.69) is 0 Å². The third-order valence-corrected chi connectivity index (χ3v) is 4.38. The summed E-state index contributed by atoms with van der Waals surface area (Å²) in [5.74, 6) is -4.04. The summed E-state index contributed by atoms with van der Waals surface area (Å²) in [6.07, 6.45) is -0.0260. The Hall–Kier alpha value is -1.15. The summed E-state index contributed by atoms with van der Waals surface area (Å²) in [5, 5.41) is 8.43. The lowest BCUT2D eigenvalue weighted by Gasteiger charge is -2.04. The van der Waals surface area contributed by atoms with Crippen LogP contribution in [-0.4, -0.2) is 31.0 Å². The minimum atomic E-state index is -4.56. The number of carbonyl (C=O) groups is 1. The maximum atomic E-state index is 12.2. The third-order valence-electron chi connectivity index (χ3n) is 1.97. The third kappa shape index (κ3) is 3.95. The van der Waals surface area contributed by atoms with Gasteiger partial charge >= 0.3 is 11.7 Å². The van der Waals surface area contributed by atoms with Gasteiger partial charge in [0.2, 0.25) is 9.84 Å². The van der Waals surface area contributed by atoms with E-state index in [9.17, 15) is 22.0 Å². The van der Waals surface area contributed by atoms with Crippen LogP contribution in [0.3, 0.4) is 0 Å². The highest BCUT2D eigenvalue weighted by molar-refractivity contribution is 7.99. The average Bonchev–Trinajstić information content (AvgIpc) is 2.29. The van der Waals surface area contributed by atoms with Gasteiger partial charge in [-0.2, -0.15) is 8.78 Å². The van der Waals surface area contributed by atoms with E-state index < -0.39 is 26.5 Å². The first kappa shape index (κ1) is 14.9. The maximum Gasteiger partial charge on any atom is 0.341 e. The molecule has 0 heterocycles. The van der Waals surface area contributed by atoms with Crippen LogP contribution in [0.15, 0.2) is 34.1 Å². The van der Waals surface area contributed by atoms with Crippen LogP contribution in [0.25, 0.3) is 0 Å². The molecule has 8 heteroatoms. The summed E-state index contributed by atoms with van der Waals surface area (Å²) in [6, 6.07) is 4.93. The molecule has 100 valence electrons. The highest BCUT2D eigenvalue weighted by Crippen LogP contribution is 2.23. The summed E-state index contributed by atoms with van der Waals surface area (Å²) in [7, 11) is -4.56. The molecule has 0 aliphatic heterocycles. The summed E-state index contributed by atoms with van der Waals surface area (Å²) < 4.78 is 46.7. The quantitative estimate of drug-likeness (QED) is 0.815. The fourth-order valence-electron chi connectivity index (χ4n) is 1.08. The van der Waals surface area contributed by atoms with E-state index >= 15 is 0 Å². The topological polar surface area (TPSA) is 71.4 Å². The fourth-order valence-corrected chi connectivity index (χ4v) is 2.65. The number of sulfone groups is 1. The lowest BCUT2D eigenvalue weighted by molar-refractivity contribution is -0.136. The highest BCUT2D eigenvalue weighted by Gasteiger charge is 2.26. The minimum absolute atomic E-state index is 0.0260. The molecule has 0 saturated carbocycles. The zero-order valence-electron chi connectivity index (χ0n) is 9.05. The van der Waals surface area contributed by atoms with Crippen molar-refractivity contribution in [2.75, 3.05) is 5.75 Å². The number of alkyl halides is 2. The zero-order chi connectivity index (χ0) is 13.8. The van der Waals surface area contributed by atoms with Crippen LogP contribution in [0.5, 0.6) is 0 Å². The summed E-state index contributed by atoms with van der Waals surface area (Å²) in [5.41, 5.74) is 0. The number of thioether (sulfide) groups is 1.